The molecule has 1 fully saturated rings. The van der Waals surface area contributed by atoms with Crippen molar-refractivity contribution < 1.29 is 4.79 Å². The van der Waals surface area contributed by atoms with E-state index in [0.717, 1.165) is 47.7 Å². The molecule has 0 bridgehead atoms. The van der Waals surface area contributed by atoms with E-state index in [-0.39, 0.29) is 11.9 Å². The third-order valence-electron chi connectivity index (χ3n) is 4.49. The van der Waals surface area contributed by atoms with Gasteiger partial charge in [-0.15, -0.1) is 0 Å². The monoisotopic (exact) mass is 298 g/mol. The van der Waals surface area contributed by atoms with Gasteiger partial charge in [-0.05, 0) is 45.7 Å². The fraction of sp³-hybridized carbons (Fsp3) is 0.471. The zero-order valence-electron chi connectivity index (χ0n) is 13.6. The number of carbonyl (C=O) groups excluding carboxylic acids is 1. The van der Waals surface area contributed by atoms with Crippen molar-refractivity contribution in [2.75, 3.05) is 6.54 Å². The Labute approximate surface area is 131 Å². The normalized spacial score (nSPS) is 18.0. The number of rotatable bonds is 2. The minimum Gasteiger partial charge on any atom is -0.330 e. The number of aromatic nitrogens is 3. The summed E-state index contributed by atoms with van der Waals surface area (Å²) >= 11 is 0. The van der Waals surface area contributed by atoms with Crippen molar-refractivity contribution in [2.24, 2.45) is 7.05 Å². The molecule has 0 N–H and O–H groups in total. The van der Waals surface area contributed by atoms with E-state index in [2.05, 4.69) is 10.1 Å². The Balaban J connectivity index is 1.95. The van der Waals surface area contributed by atoms with E-state index in [1.807, 2.05) is 50.9 Å². The van der Waals surface area contributed by atoms with Crippen molar-refractivity contribution in [3.63, 3.8) is 0 Å². The van der Waals surface area contributed by atoms with E-state index < -0.39 is 0 Å². The molecule has 0 aromatic carbocycles. The highest BCUT2D eigenvalue weighted by Gasteiger charge is 2.33. The molecule has 1 aliphatic heterocycles. The van der Waals surface area contributed by atoms with Gasteiger partial charge < -0.3 is 4.90 Å². The fourth-order valence-electron chi connectivity index (χ4n) is 3.29. The van der Waals surface area contributed by atoms with Gasteiger partial charge in [-0.3, -0.25) is 14.5 Å². The lowest BCUT2D eigenvalue weighted by molar-refractivity contribution is 0.0731. The van der Waals surface area contributed by atoms with Gasteiger partial charge in [0.05, 0.1) is 23.0 Å². The van der Waals surface area contributed by atoms with E-state index in [9.17, 15) is 4.79 Å². The lowest BCUT2D eigenvalue weighted by Gasteiger charge is -2.24. The summed E-state index contributed by atoms with van der Waals surface area (Å²) in [6, 6.07) is 6.09. The van der Waals surface area contributed by atoms with Crippen molar-refractivity contribution >= 4 is 5.91 Å². The zero-order chi connectivity index (χ0) is 15.9. The molecule has 3 rings (SSSR count). The molecule has 1 atom stereocenters. The molecule has 116 valence electrons. The van der Waals surface area contributed by atoms with Crippen LogP contribution in [0.25, 0.3) is 0 Å². The number of carbonyl (C=O) groups is 1. The second kappa shape index (κ2) is 5.55. The van der Waals surface area contributed by atoms with Crippen LogP contribution in [0.1, 0.15) is 52.0 Å². The molecule has 1 aliphatic rings. The lowest BCUT2D eigenvalue weighted by Crippen LogP contribution is -2.31. The van der Waals surface area contributed by atoms with Crippen molar-refractivity contribution in [1.29, 1.82) is 0 Å². The molecule has 5 heteroatoms. The number of likely N-dealkylation sites (tertiary alicyclic amines) is 1. The van der Waals surface area contributed by atoms with Crippen LogP contribution in [-0.2, 0) is 7.05 Å². The molecule has 0 radical (unpaired) electrons. The maximum Gasteiger partial charge on any atom is 0.258 e. The van der Waals surface area contributed by atoms with Gasteiger partial charge in [0.15, 0.2) is 0 Å². The standard InChI is InChI=1S/C17H22N4O/c1-11-7-5-8-14(18-11)15-9-6-10-21(15)17(22)16-12(2)19-20(4)13(16)3/h5,7-8,15H,6,9-10H2,1-4H3/t15-/m0/s1. The van der Waals surface area contributed by atoms with Gasteiger partial charge >= 0.3 is 0 Å². The number of amides is 1. The van der Waals surface area contributed by atoms with Crippen LogP contribution in [0.3, 0.4) is 0 Å². The molecular formula is C17H22N4O. The van der Waals surface area contributed by atoms with E-state index in [4.69, 9.17) is 0 Å². The molecule has 22 heavy (non-hydrogen) atoms. The van der Waals surface area contributed by atoms with Gasteiger partial charge in [-0.1, -0.05) is 6.07 Å². The number of pyridine rings is 1. The Bertz CT molecular complexity index is 719. The molecule has 0 saturated carbocycles. The van der Waals surface area contributed by atoms with Gasteiger partial charge in [-0.25, -0.2) is 0 Å². The third-order valence-corrected chi connectivity index (χ3v) is 4.49. The molecule has 2 aromatic heterocycles. The molecule has 2 aromatic rings. The van der Waals surface area contributed by atoms with Crippen molar-refractivity contribution in [3.05, 3.63) is 46.5 Å². The predicted molar refractivity (Wildman–Crippen MR) is 84.7 cm³/mol. The summed E-state index contributed by atoms with van der Waals surface area (Å²) in [6.07, 6.45) is 1.99. The minimum absolute atomic E-state index is 0.0754. The third kappa shape index (κ3) is 2.40. The Morgan fingerprint density at radius 1 is 1.27 bits per heavy atom. The quantitative estimate of drug-likeness (QED) is 0.856. The van der Waals surface area contributed by atoms with Crippen LogP contribution < -0.4 is 0 Å². The SMILES string of the molecule is Cc1cccc([C@@H]2CCCN2C(=O)c2c(C)nn(C)c2C)n1. The maximum atomic E-state index is 13.0. The summed E-state index contributed by atoms with van der Waals surface area (Å²) in [4.78, 5) is 19.6. The molecule has 0 unspecified atom stereocenters. The van der Waals surface area contributed by atoms with E-state index in [1.54, 1.807) is 4.68 Å². The van der Waals surface area contributed by atoms with Crippen LogP contribution in [0.5, 0.6) is 0 Å². The summed E-state index contributed by atoms with van der Waals surface area (Å²) in [7, 11) is 1.88. The van der Waals surface area contributed by atoms with Crippen LogP contribution in [-0.4, -0.2) is 32.1 Å². The van der Waals surface area contributed by atoms with Crippen LogP contribution in [0.2, 0.25) is 0 Å². The minimum atomic E-state index is 0.0754. The molecule has 1 saturated heterocycles. The number of nitrogens with zero attached hydrogens (tertiary/aromatic N) is 4. The van der Waals surface area contributed by atoms with Gasteiger partial charge in [0.2, 0.25) is 0 Å². The van der Waals surface area contributed by atoms with Crippen molar-refractivity contribution in [1.82, 2.24) is 19.7 Å². The van der Waals surface area contributed by atoms with Gasteiger partial charge in [0.25, 0.3) is 5.91 Å². The average Bonchev–Trinajstić information content (AvgIpc) is 3.04. The fourth-order valence-corrected chi connectivity index (χ4v) is 3.29. The first kappa shape index (κ1) is 14.8. The summed E-state index contributed by atoms with van der Waals surface area (Å²) in [5.41, 5.74) is 4.44. The van der Waals surface area contributed by atoms with Crippen LogP contribution in [0.4, 0.5) is 0 Å². The van der Waals surface area contributed by atoms with Crippen LogP contribution >= 0.6 is 0 Å². The summed E-state index contributed by atoms with van der Waals surface area (Å²) in [5.74, 6) is 0.0777. The second-order valence-electron chi connectivity index (χ2n) is 6.03. The Kier molecular flexibility index (Phi) is 3.72. The van der Waals surface area contributed by atoms with Gasteiger partial charge in [0.1, 0.15) is 0 Å². The molecule has 3 heterocycles. The summed E-state index contributed by atoms with van der Waals surface area (Å²) in [6.45, 7) is 6.62. The largest absolute Gasteiger partial charge is 0.330 e. The zero-order valence-corrected chi connectivity index (χ0v) is 13.6. The van der Waals surface area contributed by atoms with E-state index in [0.29, 0.717) is 0 Å². The Morgan fingerprint density at radius 2 is 2.05 bits per heavy atom. The highest BCUT2D eigenvalue weighted by Crippen LogP contribution is 2.33. The summed E-state index contributed by atoms with van der Waals surface area (Å²) in [5, 5.41) is 4.37. The average molecular weight is 298 g/mol. The van der Waals surface area contributed by atoms with Gasteiger partial charge in [-0.2, -0.15) is 5.10 Å². The first-order valence-electron chi connectivity index (χ1n) is 7.73. The highest BCUT2D eigenvalue weighted by molar-refractivity contribution is 5.96. The van der Waals surface area contributed by atoms with E-state index in [1.165, 1.54) is 0 Å². The van der Waals surface area contributed by atoms with Crippen LogP contribution in [0, 0.1) is 20.8 Å². The maximum absolute atomic E-state index is 13.0. The lowest BCUT2D eigenvalue weighted by atomic mass is 10.1. The first-order valence-corrected chi connectivity index (χ1v) is 7.73. The van der Waals surface area contributed by atoms with Crippen molar-refractivity contribution in [2.45, 2.75) is 39.7 Å². The predicted octanol–water partition coefficient (Wildman–Crippen LogP) is 2.72. The number of hydrogen-bond acceptors (Lipinski definition) is 3. The molecule has 5 nitrogen and oxygen atoms in total. The Morgan fingerprint density at radius 3 is 2.68 bits per heavy atom. The van der Waals surface area contributed by atoms with E-state index >= 15 is 0 Å². The number of aryl methyl sites for hydroxylation is 3. The Hall–Kier alpha value is -2.17. The first-order chi connectivity index (χ1) is 10.5. The van der Waals surface area contributed by atoms with Crippen LogP contribution in [0.15, 0.2) is 18.2 Å². The second-order valence-corrected chi connectivity index (χ2v) is 6.03. The summed E-state index contributed by atoms with van der Waals surface area (Å²) < 4.78 is 1.78. The topological polar surface area (TPSA) is 51.0 Å². The number of hydrogen-bond donors (Lipinski definition) is 0. The molecular weight excluding hydrogens is 276 g/mol. The molecule has 0 spiro atoms. The van der Waals surface area contributed by atoms with Gasteiger partial charge in [0, 0.05) is 25.0 Å². The molecule has 0 aliphatic carbocycles. The smallest absolute Gasteiger partial charge is 0.258 e. The highest BCUT2D eigenvalue weighted by atomic mass is 16.2. The molecule has 1 amide bonds. The van der Waals surface area contributed by atoms with Crippen molar-refractivity contribution in [3.8, 4) is 0 Å².